The Labute approximate surface area is 102 Å². The molecular weight excluding hydrogens is 268 g/mol. The van der Waals surface area contributed by atoms with E-state index in [-0.39, 0.29) is 29.6 Å². The van der Waals surface area contributed by atoms with Crippen LogP contribution in [0, 0.1) is 6.42 Å². The molecule has 0 atom stereocenters. The Morgan fingerprint density at radius 3 is 1.00 bits per heavy atom. The maximum absolute atomic E-state index is 10.8. The summed E-state index contributed by atoms with van der Waals surface area (Å²) in [6.45, 7) is 0. The quantitative estimate of drug-likeness (QED) is 0.215. The molecule has 0 aromatic rings. The SMILES string of the molecule is FC(F)(F)[CH-]C(F)(F)F.O=P(O)(O)O.[Na+]. The van der Waals surface area contributed by atoms with E-state index in [1.807, 2.05) is 0 Å². The van der Waals surface area contributed by atoms with Crippen LogP contribution in [0.5, 0.6) is 0 Å². The van der Waals surface area contributed by atoms with Gasteiger partial charge in [0, 0.05) is 0 Å². The van der Waals surface area contributed by atoms with E-state index in [2.05, 4.69) is 0 Å². The molecule has 0 aromatic heterocycles. The number of halogens is 6. The first-order chi connectivity index (χ1) is 5.71. The molecule has 0 saturated carbocycles. The first-order valence-electron chi connectivity index (χ1n) is 2.49. The first kappa shape index (κ1) is 21.0. The summed E-state index contributed by atoms with van der Waals surface area (Å²) < 4.78 is 73.5. The molecular formula is C3H4F6NaO4P. The Balaban J connectivity index is -0.000000208. The van der Waals surface area contributed by atoms with Crippen LogP contribution in [0.3, 0.4) is 0 Å². The molecule has 0 aliphatic rings. The summed E-state index contributed by atoms with van der Waals surface area (Å²) in [7, 11) is -4.64. The molecule has 0 fully saturated rings. The maximum atomic E-state index is 10.8. The minimum absolute atomic E-state index is 0. The Hall–Kier alpha value is 0.690. The second kappa shape index (κ2) is 7.10. The second-order valence-electron chi connectivity index (χ2n) is 1.74. The predicted molar refractivity (Wildman–Crippen MR) is 30.7 cm³/mol. The zero-order chi connectivity index (χ0) is 12.2. The largest absolute Gasteiger partial charge is 1.00 e. The van der Waals surface area contributed by atoms with Gasteiger partial charge in [-0.15, -0.1) is 6.42 Å². The maximum Gasteiger partial charge on any atom is 1.00 e. The average molecular weight is 272 g/mol. The summed E-state index contributed by atoms with van der Waals surface area (Å²) in [6, 6.07) is 0. The van der Waals surface area contributed by atoms with Crippen molar-refractivity contribution in [3.8, 4) is 0 Å². The molecule has 4 nitrogen and oxygen atoms in total. The molecule has 3 N–H and O–H groups in total. The Bertz CT molecular complexity index is 187. The second-order valence-corrected chi connectivity index (χ2v) is 2.77. The van der Waals surface area contributed by atoms with Gasteiger partial charge in [-0.25, -0.2) is 30.9 Å². The summed E-state index contributed by atoms with van der Waals surface area (Å²) in [4.78, 5) is 21.6. The van der Waals surface area contributed by atoms with Gasteiger partial charge in [0.05, 0.1) is 0 Å². The third kappa shape index (κ3) is 52.9. The summed E-state index contributed by atoms with van der Waals surface area (Å²) >= 11 is 0. The molecule has 0 bridgehead atoms. The fraction of sp³-hybridized carbons (Fsp3) is 0.667. The first-order valence-corrected chi connectivity index (χ1v) is 4.06. The van der Waals surface area contributed by atoms with Crippen LogP contribution < -0.4 is 29.6 Å². The van der Waals surface area contributed by atoms with Crippen molar-refractivity contribution in [1.82, 2.24) is 0 Å². The number of phosphoric acid groups is 1. The van der Waals surface area contributed by atoms with Gasteiger partial charge in [0.2, 0.25) is 0 Å². The van der Waals surface area contributed by atoms with Crippen LogP contribution in [-0.4, -0.2) is 27.0 Å². The minimum Gasteiger partial charge on any atom is -0.303 e. The zero-order valence-electron chi connectivity index (χ0n) is 7.04. The number of hydrogen-bond acceptors (Lipinski definition) is 1. The topological polar surface area (TPSA) is 77.8 Å². The Kier molecular flexibility index (Phi) is 9.95. The number of alkyl halides is 6. The number of hydrogen-bond donors (Lipinski definition) is 3. The standard InChI is InChI=1S/C3HF6.Na.H3O4P/c4-2(5,6)1-3(7,8)9;;1-5(2,3)4/h1H;;(H3,1,2,3,4)/q-1;+1;. The van der Waals surface area contributed by atoms with Crippen molar-refractivity contribution in [3.63, 3.8) is 0 Å². The van der Waals surface area contributed by atoms with Crippen LogP contribution in [0.2, 0.25) is 0 Å². The van der Waals surface area contributed by atoms with Crippen molar-refractivity contribution in [2.24, 2.45) is 0 Å². The van der Waals surface area contributed by atoms with Gasteiger partial charge in [-0.3, -0.25) is 0 Å². The summed E-state index contributed by atoms with van der Waals surface area (Å²) in [6.07, 6.45) is -12.2. The van der Waals surface area contributed by atoms with Crippen molar-refractivity contribution in [2.45, 2.75) is 12.4 Å². The van der Waals surface area contributed by atoms with Gasteiger partial charge in [-0.05, 0) is 0 Å². The molecule has 15 heavy (non-hydrogen) atoms. The van der Waals surface area contributed by atoms with Crippen LogP contribution in [-0.2, 0) is 4.57 Å². The van der Waals surface area contributed by atoms with Gasteiger partial charge in [-0.1, -0.05) is 0 Å². The normalized spacial score (nSPS) is 12.3. The monoisotopic (exact) mass is 272 g/mol. The van der Waals surface area contributed by atoms with Crippen molar-refractivity contribution in [2.75, 3.05) is 0 Å². The van der Waals surface area contributed by atoms with Crippen LogP contribution in [0.25, 0.3) is 0 Å². The molecule has 0 heterocycles. The van der Waals surface area contributed by atoms with Crippen molar-refractivity contribution < 1.29 is 75.1 Å². The van der Waals surface area contributed by atoms with Crippen LogP contribution in [0.4, 0.5) is 26.3 Å². The molecule has 0 aliphatic heterocycles. The van der Waals surface area contributed by atoms with Gasteiger partial charge in [0.15, 0.2) is 0 Å². The van der Waals surface area contributed by atoms with Crippen molar-refractivity contribution in [1.29, 1.82) is 0 Å². The molecule has 12 heteroatoms. The molecule has 0 aromatic carbocycles. The summed E-state index contributed by atoms with van der Waals surface area (Å²) in [5.41, 5.74) is 0. The predicted octanol–water partition coefficient (Wildman–Crippen LogP) is -1.61. The molecule has 0 amide bonds. The van der Waals surface area contributed by atoms with Crippen LogP contribution in [0.15, 0.2) is 0 Å². The molecule has 0 rings (SSSR count). The Morgan fingerprint density at radius 2 is 1.00 bits per heavy atom. The number of rotatable bonds is 0. The van der Waals surface area contributed by atoms with Crippen molar-refractivity contribution >= 4 is 7.82 Å². The fourth-order valence-electron chi connectivity index (χ4n) is 0.186. The van der Waals surface area contributed by atoms with E-state index in [4.69, 9.17) is 19.2 Å². The van der Waals surface area contributed by atoms with Crippen molar-refractivity contribution in [3.05, 3.63) is 6.42 Å². The van der Waals surface area contributed by atoms with Crippen LogP contribution >= 0.6 is 7.82 Å². The third-order valence-electron chi connectivity index (χ3n) is 0.327. The molecule has 0 radical (unpaired) electrons. The van der Waals surface area contributed by atoms with E-state index in [1.165, 1.54) is 0 Å². The average Bonchev–Trinajstić information content (AvgIpc) is 1.42. The molecule has 0 saturated heterocycles. The van der Waals surface area contributed by atoms with E-state index < -0.39 is 26.6 Å². The van der Waals surface area contributed by atoms with E-state index in [0.29, 0.717) is 0 Å². The van der Waals surface area contributed by atoms with Gasteiger partial charge in [0.25, 0.3) is 12.4 Å². The van der Waals surface area contributed by atoms with Crippen LogP contribution in [0.1, 0.15) is 0 Å². The van der Waals surface area contributed by atoms with Gasteiger partial charge in [0.1, 0.15) is 0 Å². The van der Waals surface area contributed by atoms with E-state index in [1.54, 1.807) is 0 Å². The Morgan fingerprint density at radius 1 is 0.867 bits per heavy atom. The van der Waals surface area contributed by atoms with Gasteiger partial charge < -0.3 is 14.7 Å². The zero-order valence-corrected chi connectivity index (χ0v) is 9.94. The molecule has 0 spiro atoms. The molecule has 0 unspecified atom stereocenters. The minimum atomic E-state index is -5.27. The molecule has 0 aliphatic carbocycles. The molecule has 88 valence electrons. The van der Waals surface area contributed by atoms with E-state index in [0.717, 1.165) is 0 Å². The van der Waals surface area contributed by atoms with Gasteiger partial charge in [-0.2, -0.15) is 0 Å². The van der Waals surface area contributed by atoms with Gasteiger partial charge >= 0.3 is 37.4 Å². The fourth-order valence-corrected chi connectivity index (χ4v) is 0.186. The van der Waals surface area contributed by atoms with E-state index in [9.17, 15) is 26.3 Å². The third-order valence-corrected chi connectivity index (χ3v) is 0.327. The van der Waals surface area contributed by atoms with E-state index >= 15 is 0 Å². The smallest absolute Gasteiger partial charge is 0.303 e. The summed E-state index contributed by atoms with van der Waals surface area (Å²) in [5.74, 6) is 0. The summed E-state index contributed by atoms with van der Waals surface area (Å²) in [5, 5.41) is 0.